The number of nitrogens with one attached hydrogen (secondary N) is 2. The summed E-state index contributed by atoms with van der Waals surface area (Å²) in [6.07, 6.45) is 3.78. The van der Waals surface area contributed by atoms with Crippen molar-refractivity contribution in [3.8, 4) is 0 Å². The average Bonchev–Trinajstić information content (AvgIpc) is 2.96. The van der Waals surface area contributed by atoms with Gasteiger partial charge in [0, 0.05) is 5.39 Å². The molecule has 0 atom stereocenters. The first kappa shape index (κ1) is 13.9. The minimum Gasteiger partial charge on any atom is -0.394 e. The molecule has 2 aromatic carbocycles. The van der Waals surface area contributed by atoms with Crippen LogP contribution in [0.25, 0.3) is 10.8 Å². The second-order valence-corrected chi connectivity index (χ2v) is 5.75. The highest BCUT2D eigenvalue weighted by Crippen LogP contribution is 2.29. The fraction of sp³-hybridized carbons (Fsp3) is 0.353. The summed E-state index contributed by atoms with van der Waals surface area (Å²) >= 11 is 0. The predicted molar refractivity (Wildman–Crippen MR) is 84.4 cm³/mol. The van der Waals surface area contributed by atoms with Crippen molar-refractivity contribution in [2.45, 2.75) is 31.2 Å². The molecule has 0 unspecified atom stereocenters. The van der Waals surface area contributed by atoms with Gasteiger partial charge in [-0.2, -0.15) is 0 Å². The maximum Gasteiger partial charge on any atom is 0.319 e. The van der Waals surface area contributed by atoms with Gasteiger partial charge in [-0.05, 0) is 24.3 Å². The quantitative estimate of drug-likeness (QED) is 0.810. The van der Waals surface area contributed by atoms with Crippen molar-refractivity contribution in [1.29, 1.82) is 0 Å². The van der Waals surface area contributed by atoms with Crippen LogP contribution in [0.15, 0.2) is 42.5 Å². The van der Waals surface area contributed by atoms with E-state index >= 15 is 0 Å². The van der Waals surface area contributed by atoms with Crippen molar-refractivity contribution in [3.05, 3.63) is 42.5 Å². The summed E-state index contributed by atoms with van der Waals surface area (Å²) in [7, 11) is 0. The summed E-state index contributed by atoms with van der Waals surface area (Å²) < 4.78 is 0. The van der Waals surface area contributed by atoms with Crippen LogP contribution in [0.1, 0.15) is 25.7 Å². The molecular weight excluding hydrogens is 264 g/mol. The van der Waals surface area contributed by atoms with Gasteiger partial charge in [0.25, 0.3) is 0 Å². The van der Waals surface area contributed by atoms with Crippen molar-refractivity contribution in [2.24, 2.45) is 0 Å². The highest BCUT2D eigenvalue weighted by Gasteiger charge is 2.34. The van der Waals surface area contributed by atoms with E-state index in [0.29, 0.717) is 0 Å². The minimum atomic E-state index is -0.450. The van der Waals surface area contributed by atoms with E-state index in [1.54, 1.807) is 0 Å². The number of benzene rings is 2. The van der Waals surface area contributed by atoms with Crippen molar-refractivity contribution >= 4 is 22.5 Å². The molecule has 0 bridgehead atoms. The zero-order valence-corrected chi connectivity index (χ0v) is 11.9. The molecule has 0 aromatic heterocycles. The van der Waals surface area contributed by atoms with E-state index in [4.69, 9.17) is 0 Å². The lowest BCUT2D eigenvalue weighted by Gasteiger charge is -2.28. The van der Waals surface area contributed by atoms with Gasteiger partial charge in [0.15, 0.2) is 0 Å². The molecule has 110 valence electrons. The van der Waals surface area contributed by atoms with Gasteiger partial charge in [0.1, 0.15) is 0 Å². The Balaban J connectivity index is 1.77. The number of carbonyl (C=O) groups excluding carboxylic acids is 1. The van der Waals surface area contributed by atoms with Gasteiger partial charge in [-0.15, -0.1) is 0 Å². The third kappa shape index (κ3) is 2.85. The van der Waals surface area contributed by atoms with Crippen LogP contribution in [-0.2, 0) is 0 Å². The van der Waals surface area contributed by atoms with E-state index in [0.717, 1.165) is 42.1 Å². The van der Waals surface area contributed by atoms with Gasteiger partial charge in [-0.3, -0.25) is 0 Å². The van der Waals surface area contributed by atoms with Crippen molar-refractivity contribution in [2.75, 3.05) is 11.9 Å². The number of urea groups is 1. The lowest BCUT2D eigenvalue weighted by atomic mass is 9.99. The largest absolute Gasteiger partial charge is 0.394 e. The van der Waals surface area contributed by atoms with Crippen LogP contribution >= 0.6 is 0 Å². The SMILES string of the molecule is O=C(Nc1cccc2ccccc12)NC1(CO)CCCC1. The molecule has 3 rings (SSSR count). The minimum absolute atomic E-state index is 0.00401. The number of fused-ring (bicyclic) bond motifs is 1. The Hall–Kier alpha value is -2.07. The molecule has 1 aliphatic rings. The molecular formula is C17H20N2O2. The number of amides is 2. The van der Waals surface area contributed by atoms with Crippen molar-refractivity contribution in [3.63, 3.8) is 0 Å². The summed E-state index contributed by atoms with van der Waals surface area (Å²) in [5.41, 5.74) is 0.339. The van der Waals surface area contributed by atoms with Crippen molar-refractivity contribution in [1.82, 2.24) is 5.32 Å². The lowest BCUT2D eigenvalue weighted by molar-refractivity contribution is 0.167. The molecule has 4 nitrogen and oxygen atoms in total. The summed E-state index contributed by atoms with van der Waals surface area (Å²) in [5, 5.41) is 17.5. The van der Waals surface area contributed by atoms with Crippen LogP contribution in [0.3, 0.4) is 0 Å². The Bertz CT molecular complexity index is 643. The molecule has 0 saturated heterocycles. The van der Waals surface area contributed by atoms with E-state index < -0.39 is 5.54 Å². The smallest absolute Gasteiger partial charge is 0.319 e. The second kappa shape index (κ2) is 5.74. The fourth-order valence-corrected chi connectivity index (χ4v) is 3.10. The molecule has 0 radical (unpaired) electrons. The maximum atomic E-state index is 12.2. The molecule has 1 saturated carbocycles. The first-order chi connectivity index (χ1) is 10.2. The highest BCUT2D eigenvalue weighted by molar-refractivity contribution is 6.01. The zero-order valence-electron chi connectivity index (χ0n) is 11.9. The number of rotatable bonds is 3. The van der Waals surface area contributed by atoms with Gasteiger partial charge in [0.05, 0.1) is 17.8 Å². The molecule has 4 heteroatoms. The monoisotopic (exact) mass is 284 g/mol. The van der Waals surface area contributed by atoms with Gasteiger partial charge < -0.3 is 15.7 Å². The van der Waals surface area contributed by atoms with E-state index in [1.807, 2.05) is 42.5 Å². The predicted octanol–water partition coefficient (Wildman–Crippen LogP) is 3.27. The number of anilines is 1. The number of hydrogen-bond donors (Lipinski definition) is 3. The third-order valence-corrected chi connectivity index (χ3v) is 4.28. The van der Waals surface area contributed by atoms with Crippen LogP contribution in [0.5, 0.6) is 0 Å². The maximum absolute atomic E-state index is 12.2. The number of aliphatic hydroxyl groups is 1. The molecule has 0 aliphatic heterocycles. The molecule has 21 heavy (non-hydrogen) atoms. The number of carbonyl (C=O) groups is 1. The first-order valence-electron chi connectivity index (χ1n) is 7.40. The van der Waals surface area contributed by atoms with E-state index in [-0.39, 0.29) is 12.6 Å². The summed E-state index contributed by atoms with van der Waals surface area (Å²) in [6.45, 7) is -0.00401. The molecule has 3 N–H and O–H groups in total. The Morgan fingerprint density at radius 1 is 1.10 bits per heavy atom. The fourth-order valence-electron chi connectivity index (χ4n) is 3.10. The van der Waals surface area contributed by atoms with E-state index in [2.05, 4.69) is 10.6 Å². The van der Waals surface area contributed by atoms with Crippen LogP contribution in [-0.4, -0.2) is 23.3 Å². The molecule has 2 amide bonds. The standard InChI is InChI=1S/C17H20N2O2/c20-12-17(10-3-4-11-17)19-16(21)18-15-9-5-7-13-6-1-2-8-14(13)15/h1-2,5-9,20H,3-4,10-12H2,(H2,18,19,21). The van der Waals surface area contributed by atoms with E-state index in [9.17, 15) is 9.90 Å². The first-order valence-corrected chi connectivity index (χ1v) is 7.40. The molecule has 1 aliphatic carbocycles. The average molecular weight is 284 g/mol. The van der Waals surface area contributed by atoms with Gasteiger partial charge in [0.2, 0.25) is 0 Å². The molecule has 2 aromatic rings. The summed E-state index contributed by atoms with van der Waals surface area (Å²) in [6, 6.07) is 13.5. The number of hydrogen-bond acceptors (Lipinski definition) is 2. The Kier molecular flexibility index (Phi) is 3.80. The van der Waals surface area contributed by atoms with Crippen LogP contribution in [0, 0.1) is 0 Å². The van der Waals surface area contributed by atoms with Gasteiger partial charge >= 0.3 is 6.03 Å². The molecule has 0 heterocycles. The summed E-state index contributed by atoms with van der Waals surface area (Å²) in [4.78, 5) is 12.2. The molecule has 1 fully saturated rings. The third-order valence-electron chi connectivity index (χ3n) is 4.28. The Morgan fingerprint density at radius 2 is 1.81 bits per heavy atom. The summed E-state index contributed by atoms with van der Waals surface area (Å²) in [5.74, 6) is 0. The second-order valence-electron chi connectivity index (χ2n) is 5.75. The molecule has 0 spiro atoms. The lowest BCUT2D eigenvalue weighted by Crippen LogP contribution is -2.50. The van der Waals surface area contributed by atoms with Crippen molar-refractivity contribution < 1.29 is 9.90 Å². The van der Waals surface area contributed by atoms with Crippen LogP contribution < -0.4 is 10.6 Å². The number of aliphatic hydroxyl groups excluding tert-OH is 1. The Labute approximate surface area is 124 Å². The topological polar surface area (TPSA) is 61.4 Å². The zero-order chi connectivity index (χ0) is 14.7. The van der Waals surface area contributed by atoms with Crippen LogP contribution in [0.4, 0.5) is 10.5 Å². The van der Waals surface area contributed by atoms with Gasteiger partial charge in [-0.1, -0.05) is 49.2 Å². The van der Waals surface area contributed by atoms with Gasteiger partial charge in [-0.25, -0.2) is 4.79 Å². The Morgan fingerprint density at radius 3 is 2.57 bits per heavy atom. The van der Waals surface area contributed by atoms with E-state index in [1.165, 1.54) is 0 Å². The van der Waals surface area contributed by atoms with Crippen LogP contribution in [0.2, 0.25) is 0 Å². The highest BCUT2D eigenvalue weighted by atomic mass is 16.3. The normalized spacial score (nSPS) is 16.8.